The van der Waals surface area contributed by atoms with Crippen molar-refractivity contribution >= 4 is 5.91 Å². The Morgan fingerprint density at radius 1 is 1.28 bits per heavy atom. The molecule has 1 saturated heterocycles. The maximum Gasteiger partial charge on any atom is 0.254 e. The van der Waals surface area contributed by atoms with Crippen molar-refractivity contribution in [3.8, 4) is 11.3 Å². The van der Waals surface area contributed by atoms with Crippen molar-refractivity contribution in [2.75, 3.05) is 6.54 Å². The van der Waals surface area contributed by atoms with Crippen LogP contribution in [0.5, 0.6) is 0 Å². The molecule has 1 aliphatic heterocycles. The molecule has 128 valence electrons. The second-order valence-corrected chi connectivity index (χ2v) is 6.41. The Labute approximate surface area is 145 Å². The van der Waals surface area contributed by atoms with Crippen LogP contribution >= 0.6 is 0 Å². The molecule has 0 saturated carbocycles. The van der Waals surface area contributed by atoms with E-state index in [1.165, 1.54) is 0 Å². The Morgan fingerprint density at radius 3 is 2.88 bits per heavy atom. The van der Waals surface area contributed by atoms with E-state index in [9.17, 15) is 4.79 Å². The number of aromatic nitrogens is 3. The van der Waals surface area contributed by atoms with Crippen molar-refractivity contribution in [2.24, 2.45) is 0 Å². The van der Waals surface area contributed by atoms with Crippen molar-refractivity contribution in [1.29, 1.82) is 0 Å². The van der Waals surface area contributed by atoms with E-state index in [1.54, 1.807) is 6.20 Å². The SMILES string of the molecule is Cc1cc(-c2cn[nH]c2C2CCCCN2C(=O)c2ccccc2)on1. The molecule has 3 aromatic rings. The first kappa shape index (κ1) is 15.6. The molecule has 4 rings (SSSR count). The van der Waals surface area contributed by atoms with Gasteiger partial charge in [0.25, 0.3) is 5.91 Å². The molecule has 1 unspecified atom stereocenters. The van der Waals surface area contributed by atoms with E-state index in [4.69, 9.17) is 4.52 Å². The van der Waals surface area contributed by atoms with Crippen LogP contribution in [0.25, 0.3) is 11.3 Å². The highest BCUT2D eigenvalue weighted by atomic mass is 16.5. The molecule has 1 N–H and O–H groups in total. The van der Waals surface area contributed by atoms with Crippen LogP contribution in [0.1, 0.15) is 47.1 Å². The first-order chi connectivity index (χ1) is 12.2. The lowest BCUT2D eigenvalue weighted by Crippen LogP contribution is -2.38. The molecule has 0 spiro atoms. The average Bonchev–Trinajstić information content (AvgIpc) is 3.30. The van der Waals surface area contributed by atoms with Gasteiger partial charge in [-0.05, 0) is 38.3 Å². The highest BCUT2D eigenvalue weighted by Gasteiger charge is 2.32. The second-order valence-electron chi connectivity index (χ2n) is 6.41. The first-order valence-corrected chi connectivity index (χ1v) is 8.57. The Kier molecular flexibility index (Phi) is 4.09. The average molecular weight is 336 g/mol. The molecule has 1 amide bonds. The maximum atomic E-state index is 13.0. The summed E-state index contributed by atoms with van der Waals surface area (Å²) in [6, 6.07) is 11.3. The van der Waals surface area contributed by atoms with Gasteiger partial charge in [-0.3, -0.25) is 9.89 Å². The number of nitrogens with zero attached hydrogens (tertiary/aromatic N) is 3. The molecule has 0 bridgehead atoms. The van der Waals surface area contributed by atoms with Crippen LogP contribution in [-0.4, -0.2) is 32.7 Å². The molecule has 1 fully saturated rings. The van der Waals surface area contributed by atoms with E-state index in [0.717, 1.165) is 42.8 Å². The number of aryl methyl sites for hydroxylation is 1. The minimum Gasteiger partial charge on any atom is -0.356 e. The zero-order chi connectivity index (χ0) is 17.2. The largest absolute Gasteiger partial charge is 0.356 e. The number of H-pyrrole nitrogens is 1. The maximum absolute atomic E-state index is 13.0. The van der Waals surface area contributed by atoms with Gasteiger partial charge in [0.1, 0.15) is 0 Å². The second kappa shape index (κ2) is 6.55. The van der Waals surface area contributed by atoms with Gasteiger partial charge in [-0.15, -0.1) is 0 Å². The van der Waals surface area contributed by atoms with Crippen LogP contribution < -0.4 is 0 Å². The number of aromatic amines is 1. The van der Waals surface area contributed by atoms with Crippen molar-refractivity contribution in [3.05, 3.63) is 59.5 Å². The molecule has 0 aliphatic carbocycles. The lowest BCUT2D eigenvalue weighted by molar-refractivity contribution is 0.0606. The molecule has 6 nitrogen and oxygen atoms in total. The van der Waals surface area contributed by atoms with Crippen LogP contribution in [0.4, 0.5) is 0 Å². The van der Waals surface area contributed by atoms with Crippen molar-refractivity contribution in [1.82, 2.24) is 20.3 Å². The number of hydrogen-bond donors (Lipinski definition) is 1. The smallest absolute Gasteiger partial charge is 0.254 e. The molecule has 25 heavy (non-hydrogen) atoms. The monoisotopic (exact) mass is 336 g/mol. The van der Waals surface area contributed by atoms with Gasteiger partial charge >= 0.3 is 0 Å². The minimum absolute atomic E-state index is 0.0376. The lowest BCUT2D eigenvalue weighted by atomic mass is 9.95. The Morgan fingerprint density at radius 2 is 2.12 bits per heavy atom. The number of rotatable bonds is 3. The zero-order valence-electron chi connectivity index (χ0n) is 14.1. The van der Waals surface area contributed by atoms with Gasteiger partial charge in [0.15, 0.2) is 5.76 Å². The summed E-state index contributed by atoms with van der Waals surface area (Å²) in [6.45, 7) is 2.63. The minimum atomic E-state index is -0.0376. The van der Waals surface area contributed by atoms with Crippen molar-refractivity contribution in [2.45, 2.75) is 32.2 Å². The number of benzene rings is 1. The fourth-order valence-corrected chi connectivity index (χ4v) is 3.46. The van der Waals surface area contributed by atoms with E-state index in [0.29, 0.717) is 11.3 Å². The normalized spacial score (nSPS) is 17.6. The van der Waals surface area contributed by atoms with Gasteiger partial charge in [-0.1, -0.05) is 23.4 Å². The van der Waals surface area contributed by atoms with E-state index in [1.807, 2.05) is 48.2 Å². The van der Waals surface area contributed by atoms with Gasteiger partial charge in [0.05, 0.1) is 29.2 Å². The quantitative estimate of drug-likeness (QED) is 0.790. The number of nitrogens with one attached hydrogen (secondary N) is 1. The summed E-state index contributed by atoms with van der Waals surface area (Å²) in [6.07, 6.45) is 4.74. The van der Waals surface area contributed by atoms with E-state index >= 15 is 0 Å². The van der Waals surface area contributed by atoms with E-state index < -0.39 is 0 Å². The van der Waals surface area contributed by atoms with Crippen LogP contribution in [-0.2, 0) is 0 Å². The number of likely N-dealkylation sites (tertiary alicyclic amines) is 1. The topological polar surface area (TPSA) is 75.0 Å². The molecule has 6 heteroatoms. The molecule has 1 atom stereocenters. The third-order valence-corrected chi connectivity index (χ3v) is 4.68. The van der Waals surface area contributed by atoms with Crippen LogP contribution in [0, 0.1) is 6.92 Å². The Balaban J connectivity index is 1.69. The van der Waals surface area contributed by atoms with Gasteiger partial charge in [0.2, 0.25) is 0 Å². The number of carbonyl (C=O) groups is 1. The van der Waals surface area contributed by atoms with Gasteiger partial charge < -0.3 is 9.42 Å². The Hall–Kier alpha value is -2.89. The van der Waals surface area contributed by atoms with Gasteiger partial charge in [0, 0.05) is 18.2 Å². The van der Waals surface area contributed by atoms with Crippen molar-refractivity contribution < 1.29 is 9.32 Å². The molecule has 1 aromatic carbocycles. The summed E-state index contributed by atoms with van der Waals surface area (Å²) in [4.78, 5) is 15.0. The van der Waals surface area contributed by atoms with Crippen LogP contribution in [0.2, 0.25) is 0 Å². The fourth-order valence-electron chi connectivity index (χ4n) is 3.46. The predicted molar refractivity (Wildman–Crippen MR) is 92.9 cm³/mol. The van der Waals surface area contributed by atoms with Gasteiger partial charge in [-0.2, -0.15) is 5.10 Å². The molecule has 1 aliphatic rings. The van der Waals surface area contributed by atoms with Gasteiger partial charge in [-0.25, -0.2) is 0 Å². The zero-order valence-corrected chi connectivity index (χ0v) is 14.1. The van der Waals surface area contributed by atoms with E-state index in [2.05, 4.69) is 15.4 Å². The molecular weight excluding hydrogens is 316 g/mol. The molecule has 3 heterocycles. The molecule has 2 aromatic heterocycles. The Bertz CT molecular complexity index is 868. The van der Waals surface area contributed by atoms with E-state index in [-0.39, 0.29) is 11.9 Å². The number of piperidine rings is 1. The summed E-state index contributed by atoms with van der Waals surface area (Å²) in [7, 11) is 0. The third-order valence-electron chi connectivity index (χ3n) is 4.68. The number of hydrogen-bond acceptors (Lipinski definition) is 4. The number of amides is 1. The molecular formula is C19H20N4O2. The predicted octanol–water partition coefficient (Wildman–Crippen LogP) is 3.74. The summed E-state index contributed by atoms with van der Waals surface area (Å²) in [5.74, 6) is 0.735. The van der Waals surface area contributed by atoms with Crippen LogP contribution in [0.3, 0.4) is 0 Å². The summed E-state index contributed by atoms with van der Waals surface area (Å²) in [5, 5.41) is 11.2. The third kappa shape index (κ3) is 2.95. The summed E-state index contributed by atoms with van der Waals surface area (Å²) < 4.78 is 5.41. The number of carbonyl (C=O) groups excluding carboxylic acids is 1. The first-order valence-electron chi connectivity index (χ1n) is 8.57. The molecule has 0 radical (unpaired) electrons. The summed E-state index contributed by atoms with van der Waals surface area (Å²) >= 11 is 0. The highest BCUT2D eigenvalue weighted by Crippen LogP contribution is 2.36. The standard InChI is InChI=1S/C19H20N4O2/c1-13-11-17(25-22-13)15-12-20-21-18(15)16-9-5-6-10-23(16)19(24)14-7-3-2-4-8-14/h2-4,7-8,11-12,16H,5-6,9-10H2,1H3,(H,20,21). The fraction of sp³-hybridized carbons (Fsp3) is 0.316. The highest BCUT2D eigenvalue weighted by molar-refractivity contribution is 5.94. The van der Waals surface area contributed by atoms with Crippen molar-refractivity contribution in [3.63, 3.8) is 0 Å². The summed E-state index contributed by atoms with van der Waals surface area (Å²) in [5.41, 5.74) is 3.33. The van der Waals surface area contributed by atoms with Crippen LogP contribution in [0.15, 0.2) is 47.1 Å². The lowest BCUT2D eigenvalue weighted by Gasteiger charge is -2.35.